The Morgan fingerprint density at radius 2 is 1.97 bits per heavy atom. The SMILES string of the molecule is COc1ncc2c(N3C[C@H](C)N[C@@H](C)C3)ccc(C(=O)Nc3cccnc3C)c2n1. The van der Waals surface area contributed by atoms with E-state index in [1.165, 1.54) is 7.11 Å². The second kappa shape index (κ2) is 8.23. The maximum atomic E-state index is 13.1. The van der Waals surface area contributed by atoms with Crippen LogP contribution >= 0.6 is 0 Å². The molecule has 0 radical (unpaired) electrons. The Morgan fingerprint density at radius 3 is 2.67 bits per heavy atom. The molecule has 3 heterocycles. The zero-order valence-electron chi connectivity index (χ0n) is 17.6. The molecule has 1 saturated heterocycles. The molecule has 4 rings (SSSR count). The van der Waals surface area contributed by atoms with E-state index in [1.54, 1.807) is 18.5 Å². The van der Waals surface area contributed by atoms with Gasteiger partial charge in [0, 0.05) is 48.6 Å². The lowest BCUT2D eigenvalue weighted by molar-refractivity contribution is 0.102. The van der Waals surface area contributed by atoms with E-state index in [-0.39, 0.29) is 11.9 Å². The lowest BCUT2D eigenvalue weighted by Crippen LogP contribution is -2.54. The first kappa shape index (κ1) is 20.0. The van der Waals surface area contributed by atoms with Gasteiger partial charge in [0.05, 0.1) is 29.6 Å². The number of anilines is 2. The van der Waals surface area contributed by atoms with E-state index in [9.17, 15) is 4.79 Å². The van der Waals surface area contributed by atoms with Gasteiger partial charge in [0.25, 0.3) is 5.91 Å². The van der Waals surface area contributed by atoms with Gasteiger partial charge in [-0.15, -0.1) is 0 Å². The Bertz CT molecular complexity index is 1080. The van der Waals surface area contributed by atoms with Crippen LogP contribution in [0.25, 0.3) is 10.9 Å². The molecule has 30 heavy (non-hydrogen) atoms. The molecule has 156 valence electrons. The summed E-state index contributed by atoms with van der Waals surface area (Å²) < 4.78 is 5.23. The number of aryl methyl sites for hydroxylation is 1. The first-order chi connectivity index (χ1) is 14.5. The minimum atomic E-state index is -0.245. The average molecular weight is 406 g/mol. The summed E-state index contributed by atoms with van der Waals surface area (Å²) in [5.74, 6) is -0.245. The number of benzene rings is 1. The number of nitrogens with zero attached hydrogens (tertiary/aromatic N) is 4. The zero-order chi connectivity index (χ0) is 21.3. The summed E-state index contributed by atoms with van der Waals surface area (Å²) in [6.07, 6.45) is 3.43. The molecule has 0 bridgehead atoms. The molecule has 0 unspecified atom stereocenters. The second-order valence-corrected chi connectivity index (χ2v) is 7.72. The molecule has 1 amide bonds. The highest BCUT2D eigenvalue weighted by atomic mass is 16.5. The van der Waals surface area contributed by atoms with Gasteiger partial charge in [0.1, 0.15) is 0 Å². The van der Waals surface area contributed by atoms with Crippen LogP contribution in [0, 0.1) is 6.92 Å². The number of hydrogen-bond acceptors (Lipinski definition) is 7. The van der Waals surface area contributed by atoms with E-state index in [1.807, 2.05) is 25.1 Å². The monoisotopic (exact) mass is 406 g/mol. The van der Waals surface area contributed by atoms with Crippen molar-refractivity contribution in [3.05, 3.63) is 47.9 Å². The number of hydrogen-bond donors (Lipinski definition) is 2. The van der Waals surface area contributed by atoms with Gasteiger partial charge in [-0.05, 0) is 45.0 Å². The Hall–Kier alpha value is -3.26. The second-order valence-electron chi connectivity index (χ2n) is 7.72. The molecule has 2 atom stereocenters. The van der Waals surface area contributed by atoms with E-state index in [0.29, 0.717) is 28.9 Å². The maximum Gasteiger partial charge on any atom is 0.316 e. The van der Waals surface area contributed by atoms with E-state index in [2.05, 4.69) is 44.3 Å². The van der Waals surface area contributed by atoms with Crippen LogP contribution in [0.2, 0.25) is 0 Å². The smallest absolute Gasteiger partial charge is 0.316 e. The summed E-state index contributed by atoms with van der Waals surface area (Å²) in [7, 11) is 1.52. The summed E-state index contributed by atoms with van der Waals surface area (Å²) in [6.45, 7) is 7.93. The number of fused-ring (bicyclic) bond motifs is 1. The maximum absolute atomic E-state index is 13.1. The minimum absolute atomic E-state index is 0.230. The van der Waals surface area contributed by atoms with Crippen LogP contribution in [0.1, 0.15) is 29.9 Å². The number of methoxy groups -OCH3 is 1. The summed E-state index contributed by atoms with van der Waals surface area (Å²) in [5, 5.41) is 7.31. The third kappa shape index (κ3) is 3.91. The van der Waals surface area contributed by atoms with Gasteiger partial charge in [0.15, 0.2) is 0 Å². The molecule has 8 heteroatoms. The van der Waals surface area contributed by atoms with E-state index in [0.717, 1.165) is 29.9 Å². The van der Waals surface area contributed by atoms with Crippen molar-refractivity contribution in [1.29, 1.82) is 0 Å². The van der Waals surface area contributed by atoms with Gasteiger partial charge in [-0.1, -0.05) is 0 Å². The van der Waals surface area contributed by atoms with Crippen molar-refractivity contribution < 1.29 is 9.53 Å². The van der Waals surface area contributed by atoms with Crippen molar-refractivity contribution in [3.63, 3.8) is 0 Å². The number of rotatable bonds is 4. The molecule has 0 saturated carbocycles. The van der Waals surface area contributed by atoms with Crippen molar-refractivity contribution in [2.75, 3.05) is 30.4 Å². The van der Waals surface area contributed by atoms with Crippen molar-refractivity contribution in [2.24, 2.45) is 0 Å². The third-order valence-electron chi connectivity index (χ3n) is 5.29. The molecule has 0 aliphatic carbocycles. The Labute approximate surface area is 175 Å². The van der Waals surface area contributed by atoms with Gasteiger partial charge in [0.2, 0.25) is 0 Å². The number of piperazine rings is 1. The largest absolute Gasteiger partial charge is 0.467 e. The number of carbonyl (C=O) groups is 1. The predicted molar refractivity (Wildman–Crippen MR) is 117 cm³/mol. The van der Waals surface area contributed by atoms with E-state index in [4.69, 9.17) is 4.74 Å². The highest BCUT2D eigenvalue weighted by molar-refractivity contribution is 6.14. The highest BCUT2D eigenvalue weighted by Gasteiger charge is 2.24. The summed E-state index contributed by atoms with van der Waals surface area (Å²) >= 11 is 0. The molecule has 1 aliphatic heterocycles. The van der Waals surface area contributed by atoms with Crippen LogP contribution in [-0.4, -0.2) is 53.1 Å². The van der Waals surface area contributed by atoms with Gasteiger partial charge < -0.3 is 20.3 Å². The summed E-state index contributed by atoms with van der Waals surface area (Å²) in [6, 6.07) is 8.38. The number of ether oxygens (including phenoxy) is 1. The van der Waals surface area contributed by atoms with Crippen molar-refractivity contribution in [3.8, 4) is 6.01 Å². The Morgan fingerprint density at radius 1 is 1.20 bits per heavy atom. The predicted octanol–water partition coefficient (Wildman–Crippen LogP) is 2.78. The highest BCUT2D eigenvalue weighted by Crippen LogP contribution is 2.31. The lowest BCUT2D eigenvalue weighted by atomic mass is 10.0. The van der Waals surface area contributed by atoms with Crippen LogP contribution in [-0.2, 0) is 0 Å². The quantitative estimate of drug-likeness (QED) is 0.688. The first-order valence-corrected chi connectivity index (χ1v) is 10.0. The van der Waals surface area contributed by atoms with Gasteiger partial charge in [-0.2, -0.15) is 4.98 Å². The molecule has 1 aliphatic rings. The normalized spacial score (nSPS) is 19.0. The molecule has 2 N–H and O–H groups in total. The number of pyridine rings is 1. The Kier molecular flexibility index (Phi) is 5.50. The molecular weight excluding hydrogens is 380 g/mol. The molecule has 1 aromatic carbocycles. The zero-order valence-corrected chi connectivity index (χ0v) is 17.6. The van der Waals surface area contributed by atoms with Crippen molar-refractivity contribution in [1.82, 2.24) is 20.3 Å². The molecule has 8 nitrogen and oxygen atoms in total. The summed E-state index contributed by atoms with van der Waals surface area (Å²) in [5.41, 5.74) is 3.47. The molecule has 1 fully saturated rings. The number of amides is 1. The minimum Gasteiger partial charge on any atom is -0.467 e. The van der Waals surface area contributed by atoms with Crippen LogP contribution in [0.5, 0.6) is 6.01 Å². The number of carbonyl (C=O) groups excluding carboxylic acids is 1. The topological polar surface area (TPSA) is 92.3 Å². The first-order valence-electron chi connectivity index (χ1n) is 10.0. The van der Waals surface area contributed by atoms with Crippen molar-refractivity contribution >= 4 is 28.2 Å². The Balaban J connectivity index is 1.77. The van der Waals surface area contributed by atoms with Crippen LogP contribution in [0.15, 0.2) is 36.7 Å². The molecular formula is C22H26N6O2. The lowest BCUT2D eigenvalue weighted by Gasteiger charge is -2.38. The van der Waals surface area contributed by atoms with Crippen LogP contribution in [0.4, 0.5) is 11.4 Å². The van der Waals surface area contributed by atoms with Crippen LogP contribution < -0.4 is 20.3 Å². The van der Waals surface area contributed by atoms with E-state index >= 15 is 0 Å². The van der Waals surface area contributed by atoms with E-state index < -0.39 is 0 Å². The molecule has 2 aromatic heterocycles. The van der Waals surface area contributed by atoms with Gasteiger partial charge in [-0.25, -0.2) is 4.98 Å². The fourth-order valence-electron chi connectivity index (χ4n) is 3.98. The van der Waals surface area contributed by atoms with Crippen molar-refractivity contribution in [2.45, 2.75) is 32.9 Å². The molecule has 0 spiro atoms. The average Bonchev–Trinajstić information content (AvgIpc) is 2.73. The van der Waals surface area contributed by atoms with Crippen LogP contribution in [0.3, 0.4) is 0 Å². The fraction of sp³-hybridized carbons (Fsp3) is 0.364. The summed E-state index contributed by atoms with van der Waals surface area (Å²) in [4.78, 5) is 28.5. The van der Waals surface area contributed by atoms with Gasteiger partial charge >= 0.3 is 6.01 Å². The van der Waals surface area contributed by atoms with Gasteiger partial charge in [-0.3, -0.25) is 9.78 Å². The standard InChI is InChI=1S/C22H26N6O2/c1-13-11-28(12-14(2)25-13)19-8-7-16(20-17(19)10-24-22(27-20)30-4)21(29)26-18-6-5-9-23-15(18)3/h5-10,13-14,25H,11-12H2,1-4H3,(H,26,29)/t13-,14-/m0/s1. The fourth-order valence-corrected chi connectivity index (χ4v) is 3.98. The number of nitrogens with one attached hydrogen (secondary N) is 2. The third-order valence-corrected chi connectivity index (χ3v) is 5.29. The molecule has 3 aromatic rings. The number of aromatic nitrogens is 3.